The van der Waals surface area contributed by atoms with Crippen LogP contribution in [0.3, 0.4) is 0 Å². The van der Waals surface area contributed by atoms with Gasteiger partial charge in [0.15, 0.2) is 0 Å². The average molecular weight is 198 g/mol. The van der Waals surface area contributed by atoms with Crippen molar-refractivity contribution in [2.75, 3.05) is 19.8 Å². The highest BCUT2D eigenvalue weighted by Crippen LogP contribution is 2.39. The van der Waals surface area contributed by atoms with E-state index in [4.69, 9.17) is 14.2 Å². The molecule has 0 bridgehead atoms. The molecule has 3 nitrogen and oxygen atoms in total. The van der Waals surface area contributed by atoms with Crippen molar-refractivity contribution in [1.82, 2.24) is 0 Å². The minimum absolute atomic E-state index is 0.557. The van der Waals surface area contributed by atoms with Gasteiger partial charge in [0.25, 0.3) is 0 Å². The van der Waals surface area contributed by atoms with Gasteiger partial charge in [0, 0.05) is 6.61 Å². The molecule has 2 rings (SSSR count). The summed E-state index contributed by atoms with van der Waals surface area (Å²) in [6, 6.07) is 0. The summed E-state index contributed by atoms with van der Waals surface area (Å²) in [5, 5.41) is 0. The lowest BCUT2D eigenvalue weighted by atomic mass is 9.90. The van der Waals surface area contributed by atoms with E-state index < -0.39 is 0 Å². The van der Waals surface area contributed by atoms with Crippen LogP contribution < -0.4 is 0 Å². The molecule has 0 spiro atoms. The summed E-state index contributed by atoms with van der Waals surface area (Å²) in [6.45, 7) is 5.60. The van der Waals surface area contributed by atoms with E-state index in [1.54, 1.807) is 0 Å². The van der Waals surface area contributed by atoms with E-state index in [-0.39, 0.29) is 0 Å². The van der Waals surface area contributed by atoms with Gasteiger partial charge >= 0.3 is 0 Å². The van der Waals surface area contributed by atoms with E-state index in [9.17, 15) is 0 Å². The summed E-state index contributed by atoms with van der Waals surface area (Å²) in [5.41, 5.74) is 0. The van der Waals surface area contributed by atoms with Crippen LogP contribution in [0.15, 0.2) is 12.8 Å². The maximum absolute atomic E-state index is 5.51. The quantitative estimate of drug-likeness (QED) is 0.370. The molecule has 1 aliphatic heterocycles. The van der Waals surface area contributed by atoms with Gasteiger partial charge in [-0.25, -0.2) is 0 Å². The van der Waals surface area contributed by atoms with Crippen LogP contribution in [0, 0.1) is 5.92 Å². The zero-order valence-electron chi connectivity index (χ0n) is 8.48. The summed E-state index contributed by atoms with van der Waals surface area (Å²) in [6.07, 6.45) is 6.27. The molecule has 0 radical (unpaired) electrons. The standard InChI is InChI=1S/C11H18O3/c1-2-12-5-6-13-8-9-3-4-10-11(7-9)14-10/h2,9-11H,1,3-8H2. The van der Waals surface area contributed by atoms with Crippen LogP contribution in [-0.2, 0) is 14.2 Å². The van der Waals surface area contributed by atoms with Crippen LogP contribution >= 0.6 is 0 Å². The SMILES string of the molecule is C=COCCOCC1CCC2OC2C1. The van der Waals surface area contributed by atoms with E-state index in [2.05, 4.69) is 6.58 Å². The lowest BCUT2D eigenvalue weighted by Crippen LogP contribution is -2.19. The molecule has 1 saturated carbocycles. The Balaban J connectivity index is 1.50. The average Bonchev–Trinajstić information content (AvgIpc) is 2.95. The second-order valence-corrected chi connectivity index (χ2v) is 4.00. The van der Waals surface area contributed by atoms with Gasteiger partial charge in [-0.2, -0.15) is 0 Å². The Kier molecular flexibility index (Phi) is 3.43. The number of hydrogen-bond acceptors (Lipinski definition) is 3. The maximum atomic E-state index is 5.51. The molecule has 2 aliphatic rings. The molecule has 3 atom stereocenters. The number of fused-ring (bicyclic) bond motifs is 1. The van der Waals surface area contributed by atoms with Gasteiger partial charge in [0.05, 0.1) is 25.1 Å². The lowest BCUT2D eigenvalue weighted by Gasteiger charge is -2.18. The van der Waals surface area contributed by atoms with Gasteiger partial charge in [0.2, 0.25) is 0 Å². The largest absolute Gasteiger partial charge is 0.499 e. The van der Waals surface area contributed by atoms with Crippen LogP contribution in [-0.4, -0.2) is 32.0 Å². The molecule has 3 unspecified atom stereocenters. The van der Waals surface area contributed by atoms with Crippen molar-refractivity contribution < 1.29 is 14.2 Å². The van der Waals surface area contributed by atoms with Crippen LogP contribution in [0.2, 0.25) is 0 Å². The first-order valence-corrected chi connectivity index (χ1v) is 5.36. The van der Waals surface area contributed by atoms with Crippen molar-refractivity contribution in [3.05, 3.63) is 12.8 Å². The maximum Gasteiger partial charge on any atom is 0.111 e. The summed E-state index contributed by atoms with van der Waals surface area (Å²) in [4.78, 5) is 0. The number of epoxide rings is 1. The van der Waals surface area contributed by atoms with Gasteiger partial charge in [-0.3, -0.25) is 0 Å². The fraction of sp³-hybridized carbons (Fsp3) is 0.818. The Morgan fingerprint density at radius 1 is 1.29 bits per heavy atom. The van der Waals surface area contributed by atoms with Gasteiger partial charge in [-0.05, 0) is 25.2 Å². The van der Waals surface area contributed by atoms with Crippen molar-refractivity contribution >= 4 is 0 Å². The summed E-state index contributed by atoms with van der Waals surface area (Å²) >= 11 is 0. The monoisotopic (exact) mass is 198 g/mol. The fourth-order valence-corrected chi connectivity index (χ4v) is 2.08. The molecule has 0 amide bonds. The number of ether oxygens (including phenoxy) is 3. The predicted octanol–water partition coefficient (Wildman–Crippen LogP) is 1.73. The molecule has 1 saturated heterocycles. The van der Waals surface area contributed by atoms with Crippen LogP contribution in [0.4, 0.5) is 0 Å². The van der Waals surface area contributed by atoms with Crippen molar-refractivity contribution in [1.29, 1.82) is 0 Å². The van der Waals surface area contributed by atoms with Crippen molar-refractivity contribution in [3.63, 3.8) is 0 Å². The van der Waals surface area contributed by atoms with E-state index in [1.807, 2.05) is 0 Å². The van der Waals surface area contributed by atoms with Gasteiger partial charge in [0.1, 0.15) is 6.61 Å². The first-order chi connectivity index (χ1) is 6.90. The van der Waals surface area contributed by atoms with Crippen molar-refractivity contribution in [2.45, 2.75) is 31.5 Å². The molecule has 3 heteroatoms. The van der Waals surface area contributed by atoms with Gasteiger partial charge in [-0.1, -0.05) is 6.58 Å². The van der Waals surface area contributed by atoms with E-state index in [1.165, 1.54) is 25.5 Å². The lowest BCUT2D eigenvalue weighted by molar-refractivity contribution is 0.0554. The number of hydrogen-bond donors (Lipinski definition) is 0. The minimum atomic E-state index is 0.557. The van der Waals surface area contributed by atoms with Gasteiger partial charge < -0.3 is 14.2 Å². The van der Waals surface area contributed by atoms with Crippen molar-refractivity contribution in [2.24, 2.45) is 5.92 Å². The van der Waals surface area contributed by atoms with Gasteiger partial charge in [-0.15, -0.1) is 0 Å². The molecule has 0 N–H and O–H groups in total. The highest BCUT2D eigenvalue weighted by molar-refractivity contribution is 4.91. The molecule has 80 valence electrons. The third-order valence-electron chi connectivity index (χ3n) is 2.93. The summed E-state index contributed by atoms with van der Waals surface area (Å²) in [5.74, 6) is 0.697. The minimum Gasteiger partial charge on any atom is -0.499 e. The molecular formula is C11H18O3. The van der Waals surface area contributed by atoms with E-state index in [0.717, 1.165) is 6.61 Å². The van der Waals surface area contributed by atoms with Crippen LogP contribution in [0.25, 0.3) is 0 Å². The Bertz CT molecular complexity index is 193. The molecule has 1 aliphatic carbocycles. The highest BCUT2D eigenvalue weighted by atomic mass is 16.6. The topological polar surface area (TPSA) is 31.0 Å². The molecular weight excluding hydrogens is 180 g/mol. The third kappa shape index (κ3) is 2.72. The first-order valence-electron chi connectivity index (χ1n) is 5.36. The first kappa shape index (κ1) is 9.99. The second-order valence-electron chi connectivity index (χ2n) is 4.00. The molecule has 14 heavy (non-hydrogen) atoms. The third-order valence-corrected chi connectivity index (χ3v) is 2.93. The Labute approximate surface area is 85.0 Å². The molecule has 1 heterocycles. The van der Waals surface area contributed by atoms with E-state index in [0.29, 0.717) is 31.3 Å². The second kappa shape index (κ2) is 4.80. The van der Waals surface area contributed by atoms with Crippen LogP contribution in [0.5, 0.6) is 0 Å². The zero-order chi connectivity index (χ0) is 9.80. The Morgan fingerprint density at radius 2 is 2.21 bits per heavy atom. The predicted molar refractivity (Wildman–Crippen MR) is 53.0 cm³/mol. The Morgan fingerprint density at radius 3 is 3.00 bits per heavy atom. The molecule has 0 aromatic heterocycles. The van der Waals surface area contributed by atoms with Crippen LogP contribution in [0.1, 0.15) is 19.3 Å². The fourth-order valence-electron chi connectivity index (χ4n) is 2.08. The summed E-state index contributed by atoms with van der Waals surface area (Å²) < 4.78 is 15.9. The molecule has 0 aromatic carbocycles. The number of rotatable bonds is 6. The smallest absolute Gasteiger partial charge is 0.111 e. The zero-order valence-corrected chi connectivity index (χ0v) is 8.48. The molecule has 0 aromatic rings. The molecule has 2 fully saturated rings. The van der Waals surface area contributed by atoms with Crippen molar-refractivity contribution in [3.8, 4) is 0 Å². The summed E-state index contributed by atoms with van der Waals surface area (Å²) in [7, 11) is 0. The Hall–Kier alpha value is -0.540. The van der Waals surface area contributed by atoms with E-state index >= 15 is 0 Å². The highest BCUT2D eigenvalue weighted by Gasteiger charge is 2.43. The normalized spacial score (nSPS) is 34.7.